The van der Waals surface area contributed by atoms with Gasteiger partial charge in [-0.1, -0.05) is 18.2 Å². The first kappa shape index (κ1) is 15.3. The minimum atomic E-state index is -0.318. The first-order valence-corrected chi connectivity index (χ1v) is 8.35. The summed E-state index contributed by atoms with van der Waals surface area (Å²) in [5, 5.41) is 0. The van der Waals surface area contributed by atoms with Crippen molar-refractivity contribution in [2.45, 2.75) is 25.5 Å². The highest BCUT2D eigenvalue weighted by molar-refractivity contribution is 5.70. The summed E-state index contributed by atoms with van der Waals surface area (Å²) in [4.78, 5) is 15.7. The van der Waals surface area contributed by atoms with Crippen molar-refractivity contribution < 1.29 is 13.9 Å². The molecule has 4 rings (SSSR count). The molecule has 0 radical (unpaired) electrons. The molecule has 1 spiro atoms. The number of aryl methyl sites for hydroxylation is 1. The Balaban J connectivity index is 1.46. The molecular weight excluding hydrogens is 304 g/mol. The van der Waals surface area contributed by atoms with Crippen LogP contribution in [0.15, 0.2) is 40.8 Å². The van der Waals surface area contributed by atoms with E-state index in [-0.39, 0.29) is 11.7 Å². The normalized spacial score (nSPS) is 24.1. The molecule has 1 amide bonds. The van der Waals surface area contributed by atoms with E-state index < -0.39 is 0 Å². The zero-order valence-corrected chi connectivity index (χ0v) is 14.1. The fraction of sp³-hybridized carbons (Fsp3) is 0.421. The highest BCUT2D eigenvalue weighted by atomic mass is 16.6. The standard InChI is InChI=1S/C19H22N2O3/c1-14-6-7-17(23-14)16-5-3-4-15(10-16)11-21-9-8-19(13-21)12-20(2)18(22)24-19/h3-7,10H,8-9,11-13H2,1-2H3/t19-/m0/s1. The second-order valence-corrected chi connectivity index (χ2v) is 6.98. The maximum absolute atomic E-state index is 11.7. The number of likely N-dealkylation sites (N-methyl/N-ethyl adjacent to an activating group) is 1. The zero-order valence-electron chi connectivity index (χ0n) is 14.1. The van der Waals surface area contributed by atoms with Gasteiger partial charge < -0.3 is 14.1 Å². The minimum absolute atomic E-state index is 0.202. The highest BCUT2D eigenvalue weighted by Gasteiger charge is 2.48. The van der Waals surface area contributed by atoms with Crippen LogP contribution in [0.1, 0.15) is 17.7 Å². The van der Waals surface area contributed by atoms with Gasteiger partial charge in [-0.25, -0.2) is 4.79 Å². The van der Waals surface area contributed by atoms with Crippen molar-refractivity contribution in [1.82, 2.24) is 9.80 Å². The molecule has 0 aliphatic carbocycles. The maximum atomic E-state index is 11.7. The molecule has 126 valence electrons. The van der Waals surface area contributed by atoms with Gasteiger partial charge in [-0.05, 0) is 30.7 Å². The molecule has 1 atom stereocenters. The number of rotatable bonds is 3. The number of likely N-dealkylation sites (tertiary alicyclic amines) is 1. The van der Waals surface area contributed by atoms with Crippen LogP contribution in [-0.4, -0.2) is 48.2 Å². The Hall–Kier alpha value is -2.27. The van der Waals surface area contributed by atoms with Crippen LogP contribution in [0.5, 0.6) is 0 Å². The van der Waals surface area contributed by atoms with E-state index in [4.69, 9.17) is 9.15 Å². The smallest absolute Gasteiger partial charge is 0.410 e. The van der Waals surface area contributed by atoms with Crippen molar-refractivity contribution in [3.8, 4) is 11.3 Å². The van der Waals surface area contributed by atoms with Crippen molar-refractivity contribution in [2.24, 2.45) is 0 Å². The lowest BCUT2D eigenvalue weighted by Crippen LogP contribution is -2.37. The SMILES string of the molecule is Cc1ccc(-c2cccc(CN3CC[C@@]4(C3)CN(C)C(=O)O4)c2)o1. The second kappa shape index (κ2) is 5.67. The van der Waals surface area contributed by atoms with E-state index in [9.17, 15) is 4.79 Å². The van der Waals surface area contributed by atoms with Gasteiger partial charge in [-0.2, -0.15) is 0 Å². The number of carbonyl (C=O) groups is 1. The van der Waals surface area contributed by atoms with E-state index in [1.807, 2.05) is 19.1 Å². The first-order chi connectivity index (χ1) is 11.5. The summed E-state index contributed by atoms with van der Waals surface area (Å²) in [7, 11) is 1.80. The van der Waals surface area contributed by atoms with E-state index in [2.05, 4.69) is 29.2 Å². The molecule has 0 N–H and O–H groups in total. The summed E-state index contributed by atoms with van der Waals surface area (Å²) in [5.74, 6) is 1.82. The molecule has 2 aromatic rings. The Labute approximate surface area is 141 Å². The van der Waals surface area contributed by atoms with Crippen molar-refractivity contribution in [3.05, 3.63) is 47.7 Å². The van der Waals surface area contributed by atoms with Crippen LogP contribution < -0.4 is 0 Å². The number of carbonyl (C=O) groups excluding carboxylic acids is 1. The average molecular weight is 326 g/mol. The number of hydrogen-bond donors (Lipinski definition) is 0. The summed E-state index contributed by atoms with van der Waals surface area (Å²) < 4.78 is 11.3. The Morgan fingerprint density at radius 1 is 1.21 bits per heavy atom. The number of amides is 1. The second-order valence-electron chi connectivity index (χ2n) is 6.98. The molecule has 2 fully saturated rings. The van der Waals surface area contributed by atoms with Gasteiger partial charge in [0.05, 0.1) is 6.54 Å². The van der Waals surface area contributed by atoms with Gasteiger partial charge in [0, 0.05) is 38.7 Å². The quantitative estimate of drug-likeness (QED) is 0.868. The lowest BCUT2D eigenvalue weighted by atomic mass is 10.0. The lowest BCUT2D eigenvalue weighted by Gasteiger charge is -2.22. The Kier molecular flexibility index (Phi) is 3.61. The van der Waals surface area contributed by atoms with Crippen LogP contribution in [0.25, 0.3) is 11.3 Å². The Morgan fingerprint density at radius 2 is 2.08 bits per heavy atom. The van der Waals surface area contributed by atoms with Gasteiger partial charge in [0.2, 0.25) is 0 Å². The molecule has 0 saturated carbocycles. The predicted molar refractivity (Wildman–Crippen MR) is 90.6 cm³/mol. The van der Waals surface area contributed by atoms with Gasteiger partial charge in [-0.3, -0.25) is 4.90 Å². The van der Waals surface area contributed by atoms with Gasteiger partial charge in [-0.15, -0.1) is 0 Å². The van der Waals surface area contributed by atoms with Crippen LogP contribution >= 0.6 is 0 Å². The van der Waals surface area contributed by atoms with Crippen molar-refractivity contribution in [1.29, 1.82) is 0 Å². The number of nitrogens with zero attached hydrogens (tertiary/aromatic N) is 2. The highest BCUT2D eigenvalue weighted by Crippen LogP contribution is 2.32. The minimum Gasteiger partial charge on any atom is -0.461 e. The number of ether oxygens (including phenoxy) is 1. The van der Waals surface area contributed by atoms with Crippen molar-refractivity contribution in [2.75, 3.05) is 26.7 Å². The third-order valence-corrected chi connectivity index (χ3v) is 4.89. The van der Waals surface area contributed by atoms with Gasteiger partial charge in [0.15, 0.2) is 0 Å². The summed E-state index contributed by atoms with van der Waals surface area (Å²) in [6.07, 6.45) is 0.701. The maximum Gasteiger partial charge on any atom is 0.410 e. The number of benzene rings is 1. The van der Waals surface area contributed by atoms with E-state index >= 15 is 0 Å². The van der Waals surface area contributed by atoms with Crippen LogP contribution in [0.3, 0.4) is 0 Å². The number of furan rings is 1. The fourth-order valence-corrected chi connectivity index (χ4v) is 3.74. The topological polar surface area (TPSA) is 45.9 Å². The Bertz CT molecular complexity index is 769. The summed E-state index contributed by atoms with van der Waals surface area (Å²) in [5.41, 5.74) is 2.03. The van der Waals surface area contributed by atoms with Crippen molar-refractivity contribution in [3.63, 3.8) is 0 Å². The monoisotopic (exact) mass is 326 g/mol. The van der Waals surface area contributed by atoms with E-state index in [0.717, 1.165) is 43.1 Å². The zero-order chi connectivity index (χ0) is 16.7. The molecule has 2 saturated heterocycles. The van der Waals surface area contributed by atoms with Gasteiger partial charge in [0.25, 0.3) is 0 Å². The predicted octanol–water partition coefficient (Wildman–Crippen LogP) is 3.28. The molecule has 1 aromatic heterocycles. The lowest BCUT2D eigenvalue weighted by molar-refractivity contribution is 0.0627. The third kappa shape index (κ3) is 2.80. The molecule has 0 bridgehead atoms. The van der Waals surface area contributed by atoms with Crippen LogP contribution in [0, 0.1) is 6.92 Å². The molecule has 5 nitrogen and oxygen atoms in total. The fourth-order valence-electron chi connectivity index (χ4n) is 3.74. The summed E-state index contributed by atoms with van der Waals surface area (Å²) in [6.45, 7) is 5.25. The molecule has 1 aromatic carbocycles. The summed E-state index contributed by atoms with van der Waals surface area (Å²) >= 11 is 0. The van der Waals surface area contributed by atoms with E-state index in [0.29, 0.717) is 6.54 Å². The molecule has 2 aliphatic rings. The van der Waals surface area contributed by atoms with Gasteiger partial charge >= 0.3 is 6.09 Å². The Morgan fingerprint density at radius 3 is 2.79 bits per heavy atom. The van der Waals surface area contributed by atoms with Crippen molar-refractivity contribution >= 4 is 6.09 Å². The summed E-state index contributed by atoms with van der Waals surface area (Å²) in [6, 6.07) is 12.4. The number of hydrogen-bond acceptors (Lipinski definition) is 4. The van der Waals surface area contributed by atoms with Crippen LogP contribution in [0.2, 0.25) is 0 Å². The van der Waals surface area contributed by atoms with Crippen LogP contribution in [0.4, 0.5) is 4.79 Å². The molecule has 5 heteroatoms. The van der Waals surface area contributed by atoms with Crippen LogP contribution in [-0.2, 0) is 11.3 Å². The largest absolute Gasteiger partial charge is 0.461 e. The third-order valence-electron chi connectivity index (χ3n) is 4.89. The molecule has 0 unspecified atom stereocenters. The van der Waals surface area contributed by atoms with Gasteiger partial charge in [0.1, 0.15) is 17.1 Å². The molecule has 2 aliphatic heterocycles. The average Bonchev–Trinajstić information content (AvgIpc) is 3.21. The molecule has 24 heavy (non-hydrogen) atoms. The molecular formula is C19H22N2O3. The first-order valence-electron chi connectivity index (χ1n) is 8.35. The molecule has 3 heterocycles. The van der Waals surface area contributed by atoms with E-state index in [1.54, 1.807) is 11.9 Å². The van der Waals surface area contributed by atoms with E-state index in [1.165, 1.54) is 5.56 Å².